The quantitative estimate of drug-likeness (QED) is 0.0759. The number of amides is 2. The number of ether oxygens (including phenoxy) is 2. The molecular formula is C54H63FN12O6S. The van der Waals surface area contributed by atoms with Crippen LogP contribution in [-0.2, 0) is 9.59 Å². The summed E-state index contributed by atoms with van der Waals surface area (Å²) >= 11 is 1.59. The van der Waals surface area contributed by atoms with Crippen molar-refractivity contribution in [3.8, 4) is 33.6 Å². The zero-order chi connectivity index (χ0) is 51.2. The summed E-state index contributed by atoms with van der Waals surface area (Å²) < 4.78 is 35.1. The van der Waals surface area contributed by atoms with Gasteiger partial charge in [-0.25, -0.2) is 9.37 Å². The number of hydrogen-bond donors (Lipinski definition) is 4. The van der Waals surface area contributed by atoms with Crippen molar-refractivity contribution < 1.29 is 33.1 Å². The van der Waals surface area contributed by atoms with E-state index in [2.05, 4.69) is 40.8 Å². The van der Waals surface area contributed by atoms with Crippen molar-refractivity contribution in [3.63, 3.8) is 0 Å². The second-order valence-electron chi connectivity index (χ2n) is 20.9. The van der Waals surface area contributed by atoms with E-state index >= 15 is 4.39 Å². The van der Waals surface area contributed by atoms with Crippen LogP contribution in [0.5, 0.6) is 11.9 Å². The first-order valence-corrected chi connectivity index (χ1v) is 26.8. The number of hydrogen-bond acceptors (Lipinski definition) is 16. The molecule has 6 atom stereocenters. The van der Waals surface area contributed by atoms with Crippen molar-refractivity contribution in [2.45, 2.75) is 103 Å². The number of nitrogens with zero attached hydrogens (tertiary/aromatic N) is 9. The number of aryl methyl sites for hydroxylation is 2. The van der Waals surface area contributed by atoms with E-state index in [1.54, 1.807) is 29.8 Å². The third-order valence-corrected chi connectivity index (χ3v) is 16.4. The number of fused-ring (bicyclic) bond motifs is 4. The Morgan fingerprint density at radius 1 is 0.959 bits per heavy atom. The van der Waals surface area contributed by atoms with Gasteiger partial charge in [0.15, 0.2) is 11.6 Å². The van der Waals surface area contributed by atoms with Crippen LogP contribution in [0, 0.1) is 31.5 Å². The molecule has 0 saturated carbocycles. The number of aromatic amines is 1. The standard InChI is InChI=1S/C54H63FN12O6S/c1-29(2)45(53(70)67-26-38(68)20-42(67)52(69)59-31(4)34-7-9-35(10-8-34)50-32(5)57-28-74-50)43-21-44(64-73-43)72-27-33-14-16-65(17-15-33)18-19-71-54-61-48-40(51(62-54)66-24-36-11-12-37(25-66)60-36)22-56-49(47(48)55)46-30(3)6-13-41-39(46)23-58-63-41/h6-10,13,21-23,28-29,31,33,36-38,42,45,60,68H,11-12,14-20,24-27H2,1-5H3,(H,58,63)(H,59,69)/t31-,36?,37?,38+,42-,45+/m0/s1. The molecule has 0 radical (unpaired) electrons. The molecule has 9 heterocycles. The van der Waals surface area contributed by atoms with Crippen LogP contribution in [0.2, 0.25) is 0 Å². The minimum Gasteiger partial charge on any atom is -0.475 e. The Labute approximate surface area is 432 Å². The highest BCUT2D eigenvalue weighted by molar-refractivity contribution is 7.13. The molecule has 11 rings (SSSR count). The normalized spacial score (nSPS) is 21.2. The third kappa shape index (κ3) is 10.0. The highest BCUT2D eigenvalue weighted by Gasteiger charge is 2.44. The molecule has 0 spiro atoms. The molecule has 20 heteroatoms. The summed E-state index contributed by atoms with van der Waals surface area (Å²) in [6, 6.07) is 13.2. The van der Waals surface area contributed by atoms with Gasteiger partial charge in [-0.15, -0.1) is 11.3 Å². The Kier molecular flexibility index (Phi) is 14.0. The van der Waals surface area contributed by atoms with Crippen molar-refractivity contribution in [2.24, 2.45) is 11.8 Å². The SMILES string of the molecule is Cc1ccc2[nH]ncc2c1-c1ncc2c(N3CC4CCC(C3)N4)nc(OCCN3CCC(COc4cc([C@H](C(=O)N5C[C@H](O)C[C@H]5C(=O)N[C@@H](C)c5ccc(-c6scnc6C)cc5)C(C)C)on4)CC3)nc2c1F. The molecule has 2 amide bonds. The fourth-order valence-corrected chi connectivity index (χ4v) is 12.2. The number of aromatic nitrogens is 7. The van der Waals surface area contributed by atoms with Crippen LogP contribution < -0.4 is 25.0 Å². The number of H-pyrrole nitrogens is 1. The van der Waals surface area contributed by atoms with Crippen LogP contribution in [0.1, 0.15) is 87.4 Å². The van der Waals surface area contributed by atoms with Crippen LogP contribution in [0.15, 0.2) is 64.9 Å². The zero-order valence-electron chi connectivity index (χ0n) is 42.4. The number of halogens is 1. The molecule has 2 unspecified atom stereocenters. The lowest BCUT2D eigenvalue weighted by Crippen LogP contribution is -2.51. The maximum absolute atomic E-state index is 16.9. The fraction of sp³-hybridized carbons (Fsp3) is 0.481. The van der Waals surface area contributed by atoms with E-state index in [1.165, 1.54) is 4.90 Å². The number of rotatable bonds is 16. The number of aliphatic hydroxyl groups excluding tert-OH is 1. The van der Waals surface area contributed by atoms with Crippen LogP contribution >= 0.6 is 11.3 Å². The van der Waals surface area contributed by atoms with Gasteiger partial charge in [0, 0.05) is 67.9 Å². The highest BCUT2D eigenvalue weighted by Crippen LogP contribution is 2.38. The molecule has 4 N–H and O–H groups in total. The number of piperazine rings is 1. The van der Waals surface area contributed by atoms with Gasteiger partial charge in [-0.05, 0) is 99.3 Å². The van der Waals surface area contributed by atoms with Gasteiger partial charge >= 0.3 is 6.01 Å². The minimum absolute atomic E-state index is 0.0410. The van der Waals surface area contributed by atoms with Gasteiger partial charge in [-0.2, -0.15) is 15.1 Å². The number of carbonyl (C=O) groups is 2. The van der Waals surface area contributed by atoms with Gasteiger partial charge < -0.3 is 39.5 Å². The molecule has 0 aliphatic carbocycles. The van der Waals surface area contributed by atoms with Crippen molar-refractivity contribution in [2.75, 3.05) is 57.4 Å². The summed E-state index contributed by atoms with van der Waals surface area (Å²) in [6.45, 7) is 14.3. The highest BCUT2D eigenvalue weighted by atomic mass is 32.1. The van der Waals surface area contributed by atoms with Gasteiger partial charge in [0.2, 0.25) is 11.8 Å². The lowest BCUT2D eigenvalue weighted by molar-refractivity contribution is -0.141. The molecule has 7 aromatic rings. The molecule has 2 aromatic carbocycles. The summed E-state index contributed by atoms with van der Waals surface area (Å²) in [5.41, 5.74) is 7.54. The van der Waals surface area contributed by atoms with E-state index in [0.29, 0.717) is 60.2 Å². The summed E-state index contributed by atoms with van der Waals surface area (Å²) in [5.74, 6) is -0.526. The molecule has 4 aliphatic heterocycles. The van der Waals surface area contributed by atoms with Crippen molar-refractivity contribution in [1.29, 1.82) is 0 Å². The predicted octanol–water partition coefficient (Wildman–Crippen LogP) is 7.12. The summed E-state index contributed by atoms with van der Waals surface area (Å²) in [4.78, 5) is 53.9. The van der Waals surface area contributed by atoms with Crippen molar-refractivity contribution >= 4 is 50.8 Å². The van der Waals surface area contributed by atoms with Gasteiger partial charge in [0.05, 0.1) is 51.9 Å². The molecule has 4 aliphatic rings. The van der Waals surface area contributed by atoms with Gasteiger partial charge in [-0.3, -0.25) is 24.6 Å². The summed E-state index contributed by atoms with van der Waals surface area (Å²) in [7, 11) is 0. The van der Waals surface area contributed by atoms with E-state index in [9.17, 15) is 14.7 Å². The topological polar surface area (TPSA) is 213 Å². The van der Waals surface area contributed by atoms with E-state index < -0.39 is 23.9 Å². The molecule has 5 aromatic heterocycles. The lowest BCUT2D eigenvalue weighted by atomic mass is 9.91. The number of aliphatic hydroxyl groups is 1. The Bertz CT molecular complexity index is 3140. The lowest BCUT2D eigenvalue weighted by Gasteiger charge is -2.34. The Balaban J connectivity index is 0.689. The number of anilines is 1. The molecule has 18 nitrogen and oxygen atoms in total. The van der Waals surface area contributed by atoms with Crippen LogP contribution in [0.25, 0.3) is 43.5 Å². The number of thiazole rings is 1. The number of likely N-dealkylation sites (tertiary alicyclic amines) is 2. The Morgan fingerprint density at radius 2 is 1.74 bits per heavy atom. The maximum Gasteiger partial charge on any atom is 0.319 e. The zero-order valence-corrected chi connectivity index (χ0v) is 43.2. The number of pyridine rings is 1. The molecular weight excluding hydrogens is 964 g/mol. The van der Waals surface area contributed by atoms with Crippen LogP contribution in [0.3, 0.4) is 0 Å². The second-order valence-corrected chi connectivity index (χ2v) is 21.7. The third-order valence-electron chi connectivity index (χ3n) is 15.4. The number of nitrogens with one attached hydrogen (secondary N) is 3. The largest absolute Gasteiger partial charge is 0.475 e. The van der Waals surface area contributed by atoms with E-state index in [-0.39, 0.29) is 59.9 Å². The number of piperidine rings is 1. The first kappa shape index (κ1) is 49.6. The average molecular weight is 1030 g/mol. The second kappa shape index (κ2) is 21.0. The van der Waals surface area contributed by atoms with Crippen molar-refractivity contribution in [3.05, 3.63) is 88.8 Å². The average Bonchev–Trinajstić information content (AvgIpc) is 4.28. The minimum atomic E-state index is -0.843. The van der Waals surface area contributed by atoms with Crippen LogP contribution in [-0.4, -0.2) is 139 Å². The Hall–Kier alpha value is -6.61. The summed E-state index contributed by atoms with van der Waals surface area (Å²) in [6.07, 6.45) is 6.66. The monoisotopic (exact) mass is 1030 g/mol. The molecule has 388 valence electrons. The van der Waals surface area contributed by atoms with Gasteiger partial charge in [0.25, 0.3) is 5.88 Å². The van der Waals surface area contributed by atoms with E-state index in [0.717, 1.165) is 90.0 Å². The van der Waals surface area contributed by atoms with E-state index in [1.807, 2.05) is 76.5 Å². The first-order chi connectivity index (χ1) is 35.8. The number of benzene rings is 2. The fourth-order valence-electron chi connectivity index (χ4n) is 11.4. The molecule has 4 fully saturated rings. The van der Waals surface area contributed by atoms with Gasteiger partial charge in [0.1, 0.15) is 35.6 Å². The van der Waals surface area contributed by atoms with Crippen molar-refractivity contribution in [1.82, 2.24) is 55.7 Å². The molecule has 2 bridgehead atoms. The maximum atomic E-state index is 16.9. The summed E-state index contributed by atoms with van der Waals surface area (Å²) in [5, 5.41) is 30.2. The molecule has 74 heavy (non-hydrogen) atoms. The first-order valence-electron chi connectivity index (χ1n) is 25.9. The smallest absolute Gasteiger partial charge is 0.319 e. The molecule has 4 saturated heterocycles. The predicted molar refractivity (Wildman–Crippen MR) is 278 cm³/mol. The van der Waals surface area contributed by atoms with Crippen LogP contribution in [0.4, 0.5) is 10.2 Å². The Morgan fingerprint density at radius 3 is 2.49 bits per heavy atom. The van der Waals surface area contributed by atoms with E-state index in [4.69, 9.17) is 28.9 Å². The number of carbonyl (C=O) groups excluding carboxylic acids is 2. The van der Waals surface area contributed by atoms with Gasteiger partial charge in [-0.1, -0.05) is 44.2 Å². The number of β-amino-alcohol motifs (C(OH)–C–C–N with tert-alkyl or cyclic N) is 1.